The molecule has 2 aromatic rings. The van der Waals surface area contributed by atoms with E-state index in [1.807, 2.05) is 6.07 Å². The van der Waals surface area contributed by atoms with Crippen LogP contribution in [0.15, 0.2) is 48.5 Å². The van der Waals surface area contributed by atoms with E-state index in [4.69, 9.17) is 14.7 Å². The number of nitriles is 1. The minimum Gasteiger partial charge on any atom is -0.493 e. The first-order chi connectivity index (χ1) is 15.1. The van der Waals surface area contributed by atoms with E-state index in [1.165, 1.54) is 0 Å². The molecule has 0 aliphatic carbocycles. The van der Waals surface area contributed by atoms with E-state index in [1.54, 1.807) is 48.5 Å². The van der Waals surface area contributed by atoms with Gasteiger partial charge in [0.15, 0.2) is 0 Å². The number of halogens is 1. The number of hydrogen-bond donors (Lipinski definition) is 4. The number of aliphatic hydroxyl groups is 1. The molecule has 9 heteroatoms. The van der Waals surface area contributed by atoms with Gasteiger partial charge in [0, 0.05) is 31.7 Å². The standard InChI is InChI=1S/C22H27FN4O4/c23-10-3-13-30-20-8-6-18(7-9-20)27-22(29)26-12-11-25-15-19(28)16-31-21-5-2-1-4-17(21)14-24/h1-2,4-9,19,25,28H,3,10-13,15-16H2,(H2,26,27,29)/i23-1. The van der Waals surface area contributed by atoms with Crippen LogP contribution < -0.4 is 25.4 Å². The van der Waals surface area contributed by atoms with Crippen LogP contribution in [-0.2, 0) is 0 Å². The molecule has 8 nitrogen and oxygen atoms in total. The summed E-state index contributed by atoms with van der Waals surface area (Å²) >= 11 is 0. The molecule has 0 saturated carbocycles. The summed E-state index contributed by atoms with van der Waals surface area (Å²) in [4.78, 5) is 11.9. The second kappa shape index (κ2) is 13.8. The average Bonchev–Trinajstić information content (AvgIpc) is 2.79. The maximum absolute atomic E-state index is 12.1. The van der Waals surface area contributed by atoms with Crippen molar-refractivity contribution < 1.29 is 23.8 Å². The number of benzene rings is 2. The van der Waals surface area contributed by atoms with E-state index in [9.17, 15) is 14.3 Å². The molecular formula is C22H27FN4O4. The molecule has 31 heavy (non-hydrogen) atoms. The van der Waals surface area contributed by atoms with Gasteiger partial charge in [-0.05, 0) is 36.4 Å². The number of rotatable bonds is 13. The molecule has 2 amide bonds. The van der Waals surface area contributed by atoms with Crippen LogP contribution >= 0.6 is 0 Å². The maximum Gasteiger partial charge on any atom is 0.319 e. The van der Waals surface area contributed by atoms with E-state index >= 15 is 0 Å². The first-order valence-corrected chi connectivity index (χ1v) is 9.96. The Morgan fingerprint density at radius 3 is 2.65 bits per heavy atom. The number of urea groups is 1. The highest BCUT2D eigenvalue weighted by Crippen LogP contribution is 2.17. The molecule has 0 saturated heterocycles. The highest BCUT2D eigenvalue weighted by Gasteiger charge is 2.08. The summed E-state index contributed by atoms with van der Waals surface area (Å²) in [6.07, 6.45) is -0.415. The Bertz CT molecular complexity index is 842. The largest absolute Gasteiger partial charge is 0.493 e. The monoisotopic (exact) mass is 429 g/mol. The molecule has 166 valence electrons. The molecule has 0 aliphatic rings. The minimum absolute atomic E-state index is 0.0487. The van der Waals surface area contributed by atoms with Crippen LogP contribution in [0.4, 0.5) is 14.9 Å². The molecule has 0 fully saturated rings. The third-order valence-corrected chi connectivity index (χ3v) is 4.06. The number of carbonyl (C=O) groups excluding carboxylic acids is 1. The zero-order chi connectivity index (χ0) is 22.3. The fourth-order valence-corrected chi connectivity index (χ4v) is 2.52. The number of ether oxygens (including phenoxy) is 2. The van der Waals surface area contributed by atoms with Crippen LogP contribution in [-0.4, -0.2) is 56.8 Å². The van der Waals surface area contributed by atoms with Crippen molar-refractivity contribution in [3.8, 4) is 17.6 Å². The molecule has 0 bridgehead atoms. The molecule has 1 atom stereocenters. The number of amides is 2. The highest BCUT2D eigenvalue weighted by atomic mass is 18.2. The van der Waals surface area contributed by atoms with E-state index in [0.717, 1.165) is 0 Å². The zero-order valence-corrected chi connectivity index (χ0v) is 17.1. The smallest absolute Gasteiger partial charge is 0.319 e. The number of alkyl halides is 1. The molecule has 0 heterocycles. The van der Waals surface area contributed by atoms with Crippen molar-refractivity contribution in [2.75, 3.05) is 44.8 Å². The van der Waals surface area contributed by atoms with Gasteiger partial charge >= 0.3 is 6.03 Å². The summed E-state index contributed by atoms with van der Waals surface area (Å²) in [6.45, 7) is 1.04. The Morgan fingerprint density at radius 2 is 1.90 bits per heavy atom. The predicted octanol–water partition coefficient (Wildman–Crippen LogP) is 2.45. The molecular weight excluding hydrogens is 402 g/mol. The lowest BCUT2D eigenvalue weighted by molar-refractivity contribution is 0.106. The lowest BCUT2D eigenvalue weighted by Gasteiger charge is -2.14. The van der Waals surface area contributed by atoms with Crippen LogP contribution in [0, 0.1) is 11.3 Å². The molecule has 2 aromatic carbocycles. The van der Waals surface area contributed by atoms with Gasteiger partial charge in [-0.15, -0.1) is 0 Å². The fourth-order valence-electron chi connectivity index (χ4n) is 2.52. The van der Waals surface area contributed by atoms with Crippen molar-refractivity contribution >= 4 is 11.7 Å². The van der Waals surface area contributed by atoms with Crippen LogP contribution in [0.25, 0.3) is 0 Å². The van der Waals surface area contributed by atoms with Gasteiger partial charge in [-0.3, -0.25) is 4.39 Å². The SMILES string of the molecule is N#Cc1ccccc1OCC(O)CNCCNC(=O)Nc1ccc(OCCC[18F])cc1. The summed E-state index contributed by atoms with van der Waals surface area (Å²) in [6, 6.07) is 15.3. The number of anilines is 1. The minimum atomic E-state index is -0.758. The second-order valence-corrected chi connectivity index (χ2v) is 6.57. The van der Waals surface area contributed by atoms with Gasteiger partial charge in [-0.25, -0.2) is 4.79 Å². The Kier molecular flexibility index (Phi) is 10.6. The van der Waals surface area contributed by atoms with E-state index in [-0.39, 0.29) is 19.2 Å². The van der Waals surface area contributed by atoms with Gasteiger partial charge < -0.3 is 30.5 Å². The van der Waals surface area contributed by atoms with Gasteiger partial charge in [0.25, 0.3) is 0 Å². The van der Waals surface area contributed by atoms with Crippen LogP contribution in [0.3, 0.4) is 0 Å². The molecule has 2 rings (SSSR count). The maximum atomic E-state index is 12.1. The number of hydrogen-bond acceptors (Lipinski definition) is 6. The number of carbonyl (C=O) groups is 1. The van der Waals surface area contributed by atoms with E-state index in [2.05, 4.69) is 16.0 Å². The molecule has 1 unspecified atom stereocenters. The number of nitrogens with zero attached hydrogens (tertiary/aromatic N) is 1. The third-order valence-electron chi connectivity index (χ3n) is 4.06. The van der Waals surface area contributed by atoms with Gasteiger partial charge in [0.05, 0.1) is 18.8 Å². The normalized spacial score (nSPS) is 11.3. The summed E-state index contributed by atoms with van der Waals surface area (Å²) in [5.41, 5.74) is 1.02. The van der Waals surface area contributed by atoms with Crippen LogP contribution in [0.1, 0.15) is 12.0 Å². The number of aliphatic hydroxyl groups excluding tert-OH is 1. The summed E-state index contributed by atoms with van der Waals surface area (Å²) < 4.78 is 22.9. The molecule has 0 spiro atoms. The van der Waals surface area contributed by atoms with Crippen molar-refractivity contribution in [3.05, 3.63) is 54.1 Å². The summed E-state index contributed by atoms with van der Waals surface area (Å²) in [7, 11) is 0. The van der Waals surface area contributed by atoms with Crippen LogP contribution in [0.5, 0.6) is 11.5 Å². The molecule has 0 aromatic heterocycles. The molecule has 0 radical (unpaired) electrons. The number of nitrogens with one attached hydrogen (secondary N) is 3. The number of para-hydroxylation sites is 1. The van der Waals surface area contributed by atoms with Crippen LogP contribution in [0.2, 0.25) is 0 Å². The predicted molar refractivity (Wildman–Crippen MR) is 115 cm³/mol. The summed E-state index contributed by atoms with van der Waals surface area (Å²) in [5.74, 6) is 1.05. The summed E-state index contributed by atoms with van der Waals surface area (Å²) in [5, 5.41) is 27.4. The van der Waals surface area contributed by atoms with Crippen molar-refractivity contribution in [1.29, 1.82) is 5.26 Å². The van der Waals surface area contributed by atoms with E-state index < -0.39 is 12.8 Å². The fraction of sp³-hybridized carbons (Fsp3) is 0.364. The third kappa shape index (κ3) is 9.33. The second-order valence-electron chi connectivity index (χ2n) is 6.57. The Balaban J connectivity index is 1.56. The lowest BCUT2D eigenvalue weighted by atomic mass is 10.2. The average molecular weight is 429 g/mol. The topological polar surface area (TPSA) is 116 Å². The van der Waals surface area contributed by atoms with Gasteiger partial charge in [-0.2, -0.15) is 5.26 Å². The van der Waals surface area contributed by atoms with Crippen molar-refractivity contribution in [1.82, 2.24) is 10.6 Å². The Labute approximate surface area is 181 Å². The van der Waals surface area contributed by atoms with Crippen molar-refractivity contribution in [2.45, 2.75) is 12.5 Å². The van der Waals surface area contributed by atoms with Crippen molar-refractivity contribution in [2.24, 2.45) is 0 Å². The van der Waals surface area contributed by atoms with Gasteiger partial charge in [-0.1, -0.05) is 12.1 Å². The Morgan fingerprint density at radius 1 is 1.13 bits per heavy atom. The quantitative estimate of drug-likeness (QED) is 0.364. The zero-order valence-electron chi connectivity index (χ0n) is 17.1. The Hall–Kier alpha value is -3.35. The highest BCUT2D eigenvalue weighted by molar-refractivity contribution is 5.89. The van der Waals surface area contributed by atoms with Crippen molar-refractivity contribution in [3.63, 3.8) is 0 Å². The first kappa shape index (κ1) is 23.9. The molecule has 0 aliphatic heterocycles. The first-order valence-electron chi connectivity index (χ1n) is 9.96. The van der Waals surface area contributed by atoms with Gasteiger partial charge in [0.2, 0.25) is 0 Å². The van der Waals surface area contributed by atoms with E-state index in [0.29, 0.717) is 48.9 Å². The lowest BCUT2D eigenvalue weighted by Crippen LogP contribution is -2.38. The molecule has 4 N–H and O–H groups in total. The van der Waals surface area contributed by atoms with Gasteiger partial charge in [0.1, 0.15) is 30.3 Å².